The van der Waals surface area contributed by atoms with E-state index < -0.39 is 87.0 Å². The van der Waals surface area contributed by atoms with Gasteiger partial charge in [0.1, 0.15) is 6.10 Å². The maximum absolute atomic E-state index is 13.5. The number of rotatable bonds is 6. The number of hydrogen-bond acceptors (Lipinski definition) is 8. The van der Waals surface area contributed by atoms with Crippen LogP contribution < -0.4 is 0 Å². The lowest BCUT2D eigenvalue weighted by Gasteiger charge is -2.35. The van der Waals surface area contributed by atoms with Gasteiger partial charge in [0.05, 0.1) is 17.9 Å². The molecule has 1 aliphatic heterocycles. The Labute approximate surface area is 183 Å². The number of carbonyl (C=O) groups is 4. The third-order valence-electron chi connectivity index (χ3n) is 6.32. The molecule has 1 heterocycles. The van der Waals surface area contributed by atoms with E-state index in [9.17, 15) is 36.4 Å². The predicted molar refractivity (Wildman–Crippen MR) is 101 cm³/mol. The number of likely N-dealkylation sites (tertiary alicyclic amines) is 1. The van der Waals surface area contributed by atoms with Crippen LogP contribution in [0.2, 0.25) is 0 Å². The minimum atomic E-state index is -5.82. The Morgan fingerprint density at radius 1 is 1.19 bits per heavy atom. The minimum Gasteiger partial charge on any atom is -0.460 e. The number of esters is 2. The van der Waals surface area contributed by atoms with Gasteiger partial charge in [-0.3, -0.25) is 28.6 Å². The summed E-state index contributed by atoms with van der Waals surface area (Å²) in [5, 5.41) is -4.73. The van der Waals surface area contributed by atoms with E-state index in [0.29, 0.717) is 0 Å². The summed E-state index contributed by atoms with van der Waals surface area (Å²) in [4.78, 5) is 51.8. The van der Waals surface area contributed by atoms with E-state index in [0.717, 1.165) is 4.90 Å². The predicted octanol–water partition coefficient (Wildman–Crippen LogP) is 0.998. The molecule has 0 aromatic rings. The first-order chi connectivity index (χ1) is 14.5. The van der Waals surface area contributed by atoms with Crippen LogP contribution in [-0.4, -0.2) is 65.6 Å². The van der Waals surface area contributed by atoms with E-state index in [1.807, 2.05) is 0 Å². The summed E-state index contributed by atoms with van der Waals surface area (Å²) < 4.78 is 67.1. The summed E-state index contributed by atoms with van der Waals surface area (Å²) in [6.07, 6.45) is -0.785. The molecule has 3 rings (SSSR count). The number of imide groups is 1. The molecule has 2 aliphatic carbocycles. The molecule has 0 radical (unpaired) electrons. The summed E-state index contributed by atoms with van der Waals surface area (Å²) in [5.74, 6) is -6.74. The highest BCUT2D eigenvalue weighted by Crippen LogP contribution is 2.60. The monoisotopic (exact) mass is 481 g/mol. The van der Waals surface area contributed by atoms with Crippen LogP contribution in [0.15, 0.2) is 0 Å². The maximum Gasteiger partial charge on any atom is 0.402 e. The van der Waals surface area contributed by atoms with Crippen molar-refractivity contribution in [2.75, 3.05) is 6.61 Å². The fourth-order valence-corrected chi connectivity index (χ4v) is 5.15. The second-order valence-electron chi connectivity index (χ2n) is 9.40. The van der Waals surface area contributed by atoms with Crippen molar-refractivity contribution in [3.05, 3.63) is 0 Å². The first-order valence-electron chi connectivity index (χ1n) is 10.1. The average Bonchev–Trinajstić information content (AvgIpc) is 3.26. The summed E-state index contributed by atoms with van der Waals surface area (Å²) in [5.41, 5.74) is -0.954. The standard InChI is InChI=1S/C19H25F2NO9S/c1-5-10(23)31-14-9-6-8-11(15(24)22(13(8)14)17(26)18(2,3)4)12(9)16(25)30-7-19(20,21)32(27,28)29/h8-9,11-14H,5-7H2,1-4H3,(H,27,28,29). The van der Waals surface area contributed by atoms with Crippen LogP contribution in [0.5, 0.6) is 0 Å². The van der Waals surface area contributed by atoms with Gasteiger partial charge in [-0.15, -0.1) is 0 Å². The molecule has 2 saturated carbocycles. The Hall–Kier alpha value is -2.15. The van der Waals surface area contributed by atoms with Crippen LogP contribution in [0, 0.1) is 29.1 Å². The Kier molecular flexibility index (Phi) is 5.91. The van der Waals surface area contributed by atoms with Crippen LogP contribution in [0.4, 0.5) is 8.78 Å². The van der Waals surface area contributed by atoms with Crippen molar-refractivity contribution >= 4 is 33.9 Å². The van der Waals surface area contributed by atoms with E-state index >= 15 is 0 Å². The number of halogens is 2. The van der Waals surface area contributed by atoms with Crippen LogP contribution >= 0.6 is 0 Å². The van der Waals surface area contributed by atoms with Gasteiger partial charge < -0.3 is 9.47 Å². The molecule has 2 bridgehead atoms. The van der Waals surface area contributed by atoms with Gasteiger partial charge in [0.25, 0.3) is 0 Å². The average molecular weight is 481 g/mol. The summed E-state index contributed by atoms with van der Waals surface area (Å²) in [6.45, 7) is 4.41. The number of alkyl halides is 2. The van der Waals surface area contributed by atoms with Gasteiger partial charge in [0, 0.05) is 17.8 Å². The van der Waals surface area contributed by atoms with Crippen molar-refractivity contribution in [2.45, 2.75) is 57.9 Å². The molecule has 0 aromatic carbocycles. The van der Waals surface area contributed by atoms with E-state index in [1.165, 1.54) is 0 Å². The van der Waals surface area contributed by atoms with Crippen molar-refractivity contribution < 1.29 is 50.4 Å². The molecule has 0 aromatic heterocycles. The quantitative estimate of drug-likeness (QED) is 0.434. The molecule has 32 heavy (non-hydrogen) atoms. The number of fused-ring (bicyclic) bond motifs is 1. The molecule has 3 fully saturated rings. The molecule has 10 nitrogen and oxygen atoms in total. The Bertz CT molecular complexity index is 958. The SMILES string of the molecule is CCC(=O)OC1C2CC3C(C(=O)N(C(=O)C(C)(C)C)C31)C2C(=O)OCC(F)(F)S(=O)(=O)O. The second-order valence-corrected chi connectivity index (χ2v) is 10.9. The van der Waals surface area contributed by atoms with Crippen molar-refractivity contribution in [1.29, 1.82) is 0 Å². The summed E-state index contributed by atoms with van der Waals surface area (Å²) in [7, 11) is -5.82. The maximum atomic E-state index is 13.5. The van der Waals surface area contributed by atoms with Gasteiger partial charge in [-0.05, 0) is 12.3 Å². The molecular formula is C19H25F2NO9S. The van der Waals surface area contributed by atoms with Crippen LogP contribution in [0.1, 0.15) is 40.5 Å². The van der Waals surface area contributed by atoms with E-state index in [2.05, 4.69) is 4.74 Å². The van der Waals surface area contributed by atoms with Gasteiger partial charge in [0.15, 0.2) is 6.61 Å². The van der Waals surface area contributed by atoms with Crippen molar-refractivity contribution in [1.82, 2.24) is 4.90 Å². The molecule has 1 saturated heterocycles. The lowest BCUT2D eigenvalue weighted by atomic mass is 9.78. The molecule has 6 unspecified atom stereocenters. The first-order valence-corrected chi connectivity index (χ1v) is 11.6. The zero-order chi connectivity index (χ0) is 24.4. The van der Waals surface area contributed by atoms with Gasteiger partial charge in [-0.2, -0.15) is 17.2 Å². The zero-order valence-electron chi connectivity index (χ0n) is 17.9. The molecule has 13 heteroatoms. The Balaban J connectivity index is 1.92. The molecule has 0 spiro atoms. The lowest BCUT2D eigenvalue weighted by molar-refractivity contribution is -0.167. The van der Waals surface area contributed by atoms with Crippen LogP contribution in [-0.2, 0) is 38.8 Å². The van der Waals surface area contributed by atoms with Gasteiger partial charge >= 0.3 is 27.3 Å². The van der Waals surface area contributed by atoms with Gasteiger partial charge in [0.2, 0.25) is 11.8 Å². The smallest absolute Gasteiger partial charge is 0.402 e. The molecule has 180 valence electrons. The number of amides is 2. The van der Waals surface area contributed by atoms with Gasteiger partial charge in [-0.1, -0.05) is 27.7 Å². The molecule has 1 N–H and O–H groups in total. The number of nitrogens with zero attached hydrogens (tertiary/aromatic N) is 1. The Morgan fingerprint density at radius 2 is 1.78 bits per heavy atom. The van der Waals surface area contributed by atoms with Crippen molar-refractivity contribution in [2.24, 2.45) is 29.1 Å². The third-order valence-corrected chi connectivity index (χ3v) is 7.19. The molecule has 6 atom stereocenters. The first kappa shape index (κ1) is 24.5. The number of ether oxygens (including phenoxy) is 2. The molecule has 2 amide bonds. The summed E-state index contributed by atoms with van der Waals surface area (Å²) in [6, 6.07) is -0.775. The molecule has 3 aliphatic rings. The fourth-order valence-electron chi connectivity index (χ4n) is 4.95. The largest absolute Gasteiger partial charge is 0.460 e. The van der Waals surface area contributed by atoms with Crippen LogP contribution in [0.3, 0.4) is 0 Å². The fraction of sp³-hybridized carbons (Fsp3) is 0.789. The van der Waals surface area contributed by atoms with E-state index in [4.69, 9.17) is 9.29 Å². The van der Waals surface area contributed by atoms with Crippen LogP contribution in [0.25, 0.3) is 0 Å². The topological polar surface area (TPSA) is 144 Å². The third kappa shape index (κ3) is 3.78. The highest BCUT2D eigenvalue weighted by atomic mass is 32.2. The van der Waals surface area contributed by atoms with E-state index in [-0.39, 0.29) is 12.8 Å². The Morgan fingerprint density at radius 3 is 2.28 bits per heavy atom. The highest BCUT2D eigenvalue weighted by Gasteiger charge is 2.72. The van der Waals surface area contributed by atoms with E-state index in [1.54, 1.807) is 27.7 Å². The molecular weight excluding hydrogens is 456 g/mol. The minimum absolute atomic E-state index is 0.000887. The van der Waals surface area contributed by atoms with Gasteiger partial charge in [-0.25, -0.2) is 0 Å². The lowest BCUT2D eigenvalue weighted by Crippen LogP contribution is -2.51. The normalized spacial score (nSPS) is 31.7. The number of hydrogen-bond donors (Lipinski definition) is 1. The number of carbonyl (C=O) groups excluding carboxylic acids is 4. The highest BCUT2D eigenvalue weighted by molar-refractivity contribution is 7.86. The van der Waals surface area contributed by atoms with Crippen molar-refractivity contribution in [3.8, 4) is 0 Å². The zero-order valence-corrected chi connectivity index (χ0v) is 18.7. The van der Waals surface area contributed by atoms with Crippen molar-refractivity contribution in [3.63, 3.8) is 0 Å². The summed E-state index contributed by atoms with van der Waals surface area (Å²) >= 11 is 0. The second kappa shape index (κ2) is 7.72.